The first-order chi connectivity index (χ1) is 8.45. The summed E-state index contributed by atoms with van der Waals surface area (Å²) in [4.78, 5) is 12.0. The maximum Gasteiger partial charge on any atom is 0.272 e. The Morgan fingerprint density at radius 3 is 2.61 bits per heavy atom. The van der Waals surface area contributed by atoms with Gasteiger partial charge in [-0.3, -0.25) is 4.79 Å². The lowest BCUT2D eigenvalue weighted by Crippen LogP contribution is -2.15. The molecule has 0 aliphatic heterocycles. The van der Waals surface area contributed by atoms with Gasteiger partial charge in [0.25, 0.3) is 5.91 Å². The average molecular weight is 311 g/mol. The van der Waals surface area contributed by atoms with Gasteiger partial charge in [-0.25, -0.2) is 4.39 Å². The summed E-state index contributed by atoms with van der Waals surface area (Å²) >= 11 is 3.30. The largest absolute Gasteiger partial charge is 0.345 e. The van der Waals surface area contributed by atoms with Gasteiger partial charge in [0, 0.05) is 23.4 Å². The smallest absolute Gasteiger partial charge is 0.272 e. The minimum Gasteiger partial charge on any atom is -0.345 e. The van der Waals surface area contributed by atoms with Crippen LogP contribution in [0.4, 0.5) is 10.1 Å². The summed E-state index contributed by atoms with van der Waals surface area (Å²) < 4.78 is 15.7. The fraction of sp³-hybridized carbons (Fsp3) is 0.154. The summed E-state index contributed by atoms with van der Waals surface area (Å²) in [6, 6.07) is 6.14. The number of hydrogen-bond donors (Lipinski definition) is 1. The maximum absolute atomic E-state index is 13.2. The molecule has 1 aromatic carbocycles. The van der Waals surface area contributed by atoms with E-state index in [9.17, 15) is 9.18 Å². The predicted octanol–water partition coefficient (Wildman–Crippen LogP) is 3.49. The number of nitrogens with one attached hydrogen (secondary N) is 1. The van der Waals surface area contributed by atoms with Gasteiger partial charge < -0.3 is 9.88 Å². The molecule has 0 spiro atoms. The van der Waals surface area contributed by atoms with Crippen LogP contribution in [0.3, 0.4) is 0 Å². The number of aryl methyl sites for hydroxylation is 2. The van der Waals surface area contributed by atoms with Gasteiger partial charge >= 0.3 is 0 Å². The van der Waals surface area contributed by atoms with Gasteiger partial charge in [0.05, 0.1) is 0 Å². The molecule has 0 fully saturated rings. The molecule has 5 heteroatoms. The average Bonchev–Trinajstić information content (AvgIpc) is 2.56. The van der Waals surface area contributed by atoms with E-state index in [1.54, 1.807) is 36.9 Å². The second-order valence-corrected chi connectivity index (χ2v) is 5.04. The number of carbonyl (C=O) groups excluding carboxylic acids is 1. The zero-order chi connectivity index (χ0) is 13.3. The monoisotopic (exact) mass is 310 g/mol. The lowest BCUT2D eigenvalue weighted by molar-refractivity contribution is 0.101. The van der Waals surface area contributed by atoms with Crippen molar-refractivity contribution in [3.8, 4) is 0 Å². The molecule has 1 aromatic heterocycles. The molecule has 0 aliphatic carbocycles. The highest BCUT2D eigenvalue weighted by atomic mass is 79.9. The lowest BCUT2D eigenvalue weighted by Gasteiger charge is -2.07. The zero-order valence-electron chi connectivity index (χ0n) is 10.00. The third kappa shape index (κ3) is 2.79. The second kappa shape index (κ2) is 4.94. The molecule has 0 saturated carbocycles. The molecule has 0 bridgehead atoms. The van der Waals surface area contributed by atoms with Crippen LogP contribution in [-0.4, -0.2) is 10.5 Å². The van der Waals surface area contributed by atoms with Crippen LogP contribution in [0.2, 0.25) is 0 Å². The van der Waals surface area contributed by atoms with E-state index in [0.29, 0.717) is 11.4 Å². The van der Waals surface area contributed by atoms with Crippen molar-refractivity contribution in [1.29, 1.82) is 0 Å². The summed E-state index contributed by atoms with van der Waals surface area (Å²) in [6.45, 7) is 1.78. The zero-order valence-corrected chi connectivity index (χ0v) is 11.6. The van der Waals surface area contributed by atoms with Crippen LogP contribution in [0, 0.1) is 12.7 Å². The summed E-state index contributed by atoms with van der Waals surface area (Å²) in [5.41, 5.74) is 1.72. The Bertz CT molecular complexity index is 587. The molecule has 94 valence electrons. The van der Waals surface area contributed by atoms with Crippen LogP contribution in [0.1, 0.15) is 16.1 Å². The van der Waals surface area contributed by atoms with Gasteiger partial charge in [0.2, 0.25) is 0 Å². The van der Waals surface area contributed by atoms with Crippen LogP contribution in [0.25, 0.3) is 0 Å². The highest BCUT2D eigenvalue weighted by Gasteiger charge is 2.11. The number of carbonyl (C=O) groups is 1. The number of rotatable bonds is 2. The molecule has 0 atom stereocenters. The number of anilines is 1. The van der Waals surface area contributed by atoms with Gasteiger partial charge in [-0.15, -0.1) is 0 Å². The molecule has 0 saturated heterocycles. The van der Waals surface area contributed by atoms with E-state index in [1.807, 2.05) is 0 Å². The summed E-state index contributed by atoms with van der Waals surface area (Å²) in [6.07, 6.45) is 1.78. The first kappa shape index (κ1) is 12.8. The van der Waals surface area contributed by atoms with Gasteiger partial charge in [0.1, 0.15) is 11.5 Å². The minimum atomic E-state index is -0.363. The molecule has 1 heterocycles. The molecule has 1 N–H and O–H groups in total. The summed E-state index contributed by atoms with van der Waals surface area (Å²) in [5.74, 6) is -0.633. The lowest BCUT2D eigenvalue weighted by atomic mass is 10.2. The van der Waals surface area contributed by atoms with E-state index in [-0.39, 0.29) is 11.7 Å². The molecule has 2 aromatic rings. The Balaban J connectivity index is 2.23. The molecule has 18 heavy (non-hydrogen) atoms. The Kier molecular flexibility index (Phi) is 3.52. The van der Waals surface area contributed by atoms with Crippen LogP contribution < -0.4 is 5.32 Å². The Hall–Kier alpha value is -1.62. The molecular weight excluding hydrogens is 299 g/mol. The molecule has 0 radical (unpaired) electrons. The van der Waals surface area contributed by atoms with Gasteiger partial charge in [-0.1, -0.05) is 0 Å². The van der Waals surface area contributed by atoms with E-state index >= 15 is 0 Å². The second-order valence-electron chi connectivity index (χ2n) is 4.13. The van der Waals surface area contributed by atoms with Crippen molar-refractivity contribution in [1.82, 2.24) is 4.57 Å². The van der Waals surface area contributed by atoms with Crippen molar-refractivity contribution >= 4 is 27.5 Å². The fourth-order valence-corrected chi connectivity index (χ4v) is 2.28. The number of nitrogens with zero attached hydrogens (tertiary/aromatic N) is 1. The number of halogens is 2. The Morgan fingerprint density at radius 1 is 1.33 bits per heavy atom. The van der Waals surface area contributed by atoms with E-state index < -0.39 is 0 Å². The standard InChI is InChI=1S/C13H12BrFN2O/c1-8-3-10(15)6-11(4-8)16-13(18)12-5-9(14)7-17(12)2/h3-7H,1-2H3,(H,16,18). The first-order valence-electron chi connectivity index (χ1n) is 5.36. The fourth-order valence-electron chi connectivity index (χ4n) is 1.75. The number of amides is 1. The summed E-state index contributed by atoms with van der Waals surface area (Å²) in [7, 11) is 1.77. The topological polar surface area (TPSA) is 34.0 Å². The van der Waals surface area contributed by atoms with Crippen LogP contribution >= 0.6 is 15.9 Å². The SMILES string of the molecule is Cc1cc(F)cc(NC(=O)c2cc(Br)cn2C)c1. The Morgan fingerprint density at radius 2 is 2.06 bits per heavy atom. The van der Waals surface area contributed by atoms with E-state index in [0.717, 1.165) is 10.0 Å². The predicted molar refractivity (Wildman–Crippen MR) is 72.2 cm³/mol. The van der Waals surface area contributed by atoms with Gasteiger partial charge in [-0.05, 0) is 52.7 Å². The molecular formula is C13H12BrFN2O. The molecule has 1 amide bonds. The normalized spacial score (nSPS) is 10.4. The van der Waals surface area contributed by atoms with Crippen molar-refractivity contribution in [2.24, 2.45) is 7.05 Å². The van der Waals surface area contributed by atoms with Crippen LogP contribution in [0.5, 0.6) is 0 Å². The first-order valence-corrected chi connectivity index (χ1v) is 6.15. The number of benzene rings is 1. The molecule has 0 aliphatic rings. The van der Waals surface area contributed by atoms with Crippen molar-refractivity contribution in [2.75, 3.05) is 5.32 Å². The summed E-state index contributed by atoms with van der Waals surface area (Å²) in [5, 5.41) is 2.67. The van der Waals surface area contributed by atoms with Crippen LogP contribution in [0.15, 0.2) is 34.9 Å². The Labute approximate surface area is 113 Å². The molecule has 3 nitrogen and oxygen atoms in total. The third-order valence-corrected chi connectivity index (χ3v) is 2.94. The minimum absolute atomic E-state index is 0.270. The number of aromatic nitrogens is 1. The van der Waals surface area contributed by atoms with Crippen LogP contribution in [-0.2, 0) is 7.05 Å². The quantitative estimate of drug-likeness (QED) is 0.905. The van der Waals surface area contributed by atoms with Gasteiger partial charge in [0.15, 0.2) is 0 Å². The molecule has 0 unspecified atom stereocenters. The third-order valence-electron chi connectivity index (χ3n) is 2.50. The highest BCUT2D eigenvalue weighted by molar-refractivity contribution is 9.10. The highest BCUT2D eigenvalue weighted by Crippen LogP contribution is 2.17. The maximum atomic E-state index is 13.2. The van der Waals surface area contributed by atoms with Crippen molar-refractivity contribution < 1.29 is 9.18 Å². The van der Waals surface area contributed by atoms with Gasteiger partial charge in [-0.2, -0.15) is 0 Å². The number of hydrogen-bond acceptors (Lipinski definition) is 1. The van der Waals surface area contributed by atoms with Crippen molar-refractivity contribution in [2.45, 2.75) is 6.92 Å². The molecule has 2 rings (SSSR count). The van der Waals surface area contributed by atoms with E-state index in [4.69, 9.17) is 0 Å². The van der Waals surface area contributed by atoms with E-state index in [1.165, 1.54) is 12.1 Å². The van der Waals surface area contributed by atoms with Crippen molar-refractivity contribution in [3.63, 3.8) is 0 Å². The van der Waals surface area contributed by atoms with Crippen molar-refractivity contribution in [3.05, 3.63) is 52.0 Å². The van der Waals surface area contributed by atoms with E-state index in [2.05, 4.69) is 21.2 Å².